The summed E-state index contributed by atoms with van der Waals surface area (Å²) in [4.78, 5) is 30.4. The molecule has 3 aromatic rings. The number of nitrogens with one attached hydrogen (secondary N) is 2. The van der Waals surface area contributed by atoms with Crippen LogP contribution in [-0.4, -0.2) is 71.6 Å². The molecule has 0 unspecified atom stereocenters. The van der Waals surface area contributed by atoms with Crippen LogP contribution < -0.4 is 16.4 Å². The van der Waals surface area contributed by atoms with E-state index in [4.69, 9.17) is 15.2 Å². The number of nitrogen functional groups attached to an aromatic ring is 1. The largest absolute Gasteiger partial charge is 0.397 e. The fourth-order valence-corrected chi connectivity index (χ4v) is 7.46. The number of nitrogens with zero attached hydrogens (tertiary/aromatic N) is 2. The molecule has 10 heteroatoms. The number of likely N-dealkylation sites (tertiary alicyclic amines) is 2. The van der Waals surface area contributed by atoms with Crippen molar-refractivity contribution in [1.29, 1.82) is 0 Å². The van der Waals surface area contributed by atoms with Gasteiger partial charge in [0.15, 0.2) is 6.29 Å². The number of amides is 2. The van der Waals surface area contributed by atoms with E-state index in [2.05, 4.69) is 20.4 Å². The Labute approximate surface area is 296 Å². The molecule has 3 aromatic carbocycles. The quantitative estimate of drug-likeness (QED) is 0.107. The Morgan fingerprint density at radius 2 is 1.56 bits per heavy atom. The summed E-state index contributed by atoms with van der Waals surface area (Å²) in [6, 6.07) is 23.5. The van der Waals surface area contributed by atoms with Gasteiger partial charge < -0.3 is 35.8 Å². The first kappa shape index (κ1) is 36.0. The molecule has 0 aliphatic carbocycles. The van der Waals surface area contributed by atoms with Crippen LogP contribution >= 0.6 is 0 Å². The average molecular weight is 684 g/mol. The lowest BCUT2D eigenvalue weighted by molar-refractivity contribution is -0.253. The van der Waals surface area contributed by atoms with Crippen LogP contribution in [0.5, 0.6) is 0 Å². The molecule has 3 aliphatic heterocycles. The highest BCUT2D eigenvalue weighted by Crippen LogP contribution is 2.39. The number of para-hydroxylation sites is 2. The topological polar surface area (TPSA) is 129 Å². The van der Waals surface area contributed by atoms with Crippen molar-refractivity contribution in [3.05, 3.63) is 89.5 Å². The van der Waals surface area contributed by atoms with E-state index >= 15 is 0 Å². The summed E-state index contributed by atoms with van der Waals surface area (Å²) in [7, 11) is 0. The molecule has 3 heterocycles. The maximum Gasteiger partial charge on any atom is 0.224 e. The Kier molecular flexibility index (Phi) is 12.9. The molecule has 2 amide bonds. The van der Waals surface area contributed by atoms with Gasteiger partial charge in [0.2, 0.25) is 11.8 Å². The van der Waals surface area contributed by atoms with Crippen LogP contribution in [0.1, 0.15) is 93.3 Å². The minimum Gasteiger partial charge on any atom is -0.397 e. The highest BCUT2D eigenvalue weighted by Gasteiger charge is 2.36. The molecule has 3 saturated heterocycles. The minimum absolute atomic E-state index is 0.00782. The minimum atomic E-state index is -0.579. The molecule has 0 radical (unpaired) electrons. The van der Waals surface area contributed by atoms with Crippen molar-refractivity contribution in [2.45, 2.75) is 95.4 Å². The van der Waals surface area contributed by atoms with Gasteiger partial charge in [-0.15, -0.1) is 0 Å². The summed E-state index contributed by atoms with van der Waals surface area (Å²) >= 11 is 0. The Morgan fingerprint density at radius 3 is 2.32 bits per heavy atom. The number of benzene rings is 3. The van der Waals surface area contributed by atoms with Crippen LogP contribution in [0.2, 0.25) is 0 Å². The molecule has 0 bridgehead atoms. The molecule has 4 atom stereocenters. The molecule has 0 aromatic heterocycles. The number of aliphatic hydroxyl groups excluding tert-OH is 1. The average Bonchev–Trinajstić information content (AvgIpc) is 3.81. The first-order chi connectivity index (χ1) is 24.4. The zero-order valence-corrected chi connectivity index (χ0v) is 29.1. The number of unbranched alkanes of at least 4 members (excludes halogenated alkanes) is 2. The van der Waals surface area contributed by atoms with Gasteiger partial charge in [-0.1, -0.05) is 55.0 Å². The molecule has 0 saturated carbocycles. The lowest BCUT2D eigenvalue weighted by Crippen LogP contribution is -2.45. The maximum absolute atomic E-state index is 12.9. The predicted octanol–water partition coefficient (Wildman–Crippen LogP) is 6.39. The first-order valence-electron chi connectivity index (χ1n) is 18.4. The summed E-state index contributed by atoms with van der Waals surface area (Å²) in [5, 5.41) is 15.5. The van der Waals surface area contributed by atoms with E-state index in [0.717, 1.165) is 49.2 Å². The second-order valence-corrected chi connectivity index (χ2v) is 14.0. The van der Waals surface area contributed by atoms with Gasteiger partial charge in [0.1, 0.15) is 0 Å². The van der Waals surface area contributed by atoms with Gasteiger partial charge in [0, 0.05) is 49.6 Å². The molecule has 10 nitrogen and oxygen atoms in total. The molecule has 0 spiro atoms. The molecule has 5 N–H and O–H groups in total. The Bertz CT molecular complexity index is 1550. The van der Waals surface area contributed by atoms with Crippen LogP contribution in [0.3, 0.4) is 0 Å². The van der Waals surface area contributed by atoms with E-state index < -0.39 is 6.29 Å². The molecule has 6 rings (SSSR count). The molecule has 3 fully saturated rings. The second-order valence-electron chi connectivity index (χ2n) is 14.0. The highest BCUT2D eigenvalue weighted by molar-refractivity contribution is 5.93. The van der Waals surface area contributed by atoms with E-state index in [0.29, 0.717) is 48.8 Å². The Morgan fingerprint density at radius 1 is 0.800 bits per heavy atom. The lowest BCUT2D eigenvalue weighted by atomic mass is 9.99. The van der Waals surface area contributed by atoms with Crippen LogP contribution in [0.25, 0.3) is 0 Å². The lowest BCUT2D eigenvalue weighted by Gasteiger charge is -2.39. The van der Waals surface area contributed by atoms with E-state index in [1.165, 1.54) is 38.8 Å². The summed E-state index contributed by atoms with van der Waals surface area (Å²) in [5.41, 5.74) is 10.6. The third kappa shape index (κ3) is 10.1. The number of hydrogen-bond acceptors (Lipinski definition) is 8. The van der Waals surface area contributed by atoms with E-state index in [1.54, 1.807) is 12.1 Å². The van der Waals surface area contributed by atoms with Crippen LogP contribution in [0, 0.1) is 0 Å². The number of anilines is 3. The number of carbonyl (C=O) groups is 2. The molecular weight excluding hydrogens is 630 g/mol. The van der Waals surface area contributed by atoms with Crippen molar-refractivity contribution in [2.24, 2.45) is 0 Å². The number of carbonyl (C=O) groups excluding carboxylic acids is 2. The van der Waals surface area contributed by atoms with Gasteiger partial charge >= 0.3 is 0 Å². The molecular formula is C40H53N5O5. The van der Waals surface area contributed by atoms with Gasteiger partial charge in [0.25, 0.3) is 0 Å². The molecule has 3 aliphatic rings. The highest BCUT2D eigenvalue weighted by atomic mass is 16.7. The van der Waals surface area contributed by atoms with Gasteiger partial charge in [-0.3, -0.25) is 14.5 Å². The van der Waals surface area contributed by atoms with E-state index in [-0.39, 0.29) is 30.6 Å². The van der Waals surface area contributed by atoms with Crippen LogP contribution in [-0.2, 0) is 25.7 Å². The summed E-state index contributed by atoms with van der Waals surface area (Å²) in [6.45, 7) is 5.53. The maximum atomic E-state index is 12.9. The standard InChI is InChI=1S/C40H53N5O5/c41-35-13-4-5-14-36(35)43-39(48)16-3-1-2-15-38(47)42-32-11-8-10-31(24-32)40-49-34(25-37(50-40)30-19-17-29(28-46)18-20-30)27-45-23-9-12-33(45)26-44-21-6-7-22-44/h4-5,8,10-11,13-14,17-20,24,33-34,37,40,46H,1-3,6-7,9,12,15-16,21-23,25-28,41H2,(H,42,47)(H,43,48)/t33-,34-,37+,40+/m0/s1. The van der Waals surface area contributed by atoms with Gasteiger partial charge in [-0.2, -0.15) is 0 Å². The summed E-state index contributed by atoms with van der Waals surface area (Å²) in [5.74, 6) is -0.141. The number of ether oxygens (including phenoxy) is 2. The molecule has 268 valence electrons. The monoisotopic (exact) mass is 683 g/mol. The van der Waals surface area contributed by atoms with Gasteiger partial charge in [-0.25, -0.2) is 0 Å². The van der Waals surface area contributed by atoms with Gasteiger partial charge in [0.05, 0.1) is 30.2 Å². The predicted molar refractivity (Wildman–Crippen MR) is 196 cm³/mol. The van der Waals surface area contributed by atoms with Crippen molar-refractivity contribution in [3.63, 3.8) is 0 Å². The van der Waals surface area contributed by atoms with Crippen molar-refractivity contribution in [3.8, 4) is 0 Å². The Hall–Kier alpha value is -3.80. The molecule has 50 heavy (non-hydrogen) atoms. The third-order valence-electron chi connectivity index (χ3n) is 10.2. The van der Waals surface area contributed by atoms with Crippen molar-refractivity contribution < 1.29 is 24.2 Å². The van der Waals surface area contributed by atoms with Crippen molar-refractivity contribution in [2.75, 3.05) is 49.1 Å². The second kappa shape index (κ2) is 17.9. The van der Waals surface area contributed by atoms with Crippen LogP contribution in [0.15, 0.2) is 72.8 Å². The van der Waals surface area contributed by atoms with Gasteiger partial charge in [-0.05, 0) is 93.6 Å². The van der Waals surface area contributed by atoms with Crippen molar-refractivity contribution >= 4 is 28.9 Å². The zero-order chi connectivity index (χ0) is 34.7. The number of rotatable bonds is 15. The van der Waals surface area contributed by atoms with E-state index in [9.17, 15) is 14.7 Å². The van der Waals surface area contributed by atoms with Crippen LogP contribution in [0.4, 0.5) is 17.1 Å². The Balaban J connectivity index is 1.03. The fourth-order valence-electron chi connectivity index (χ4n) is 7.46. The normalized spacial score (nSPS) is 22.8. The SMILES string of the molecule is Nc1ccccc1NC(=O)CCCCCC(=O)Nc1cccc([C@@H]2O[C@H](CN3CCC[C@H]3CN3CCCC3)C[C@H](c3ccc(CO)cc3)O2)c1. The van der Waals surface area contributed by atoms with E-state index in [1.807, 2.05) is 60.7 Å². The van der Waals surface area contributed by atoms with Crippen molar-refractivity contribution in [1.82, 2.24) is 9.80 Å². The summed E-state index contributed by atoms with van der Waals surface area (Å²) < 4.78 is 13.3. The number of hydrogen-bond donors (Lipinski definition) is 4. The first-order valence-corrected chi connectivity index (χ1v) is 18.4. The zero-order valence-electron chi connectivity index (χ0n) is 29.1. The third-order valence-corrected chi connectivity index (χ3v) is 10.2. The smallest absolute Gasteiger partial charge is 0.224 e. The number of aliphatic hydroxyl groups is 1. The summed E-state index contributed by atoms with van der Waals surface area (Å²) in [6.07, 6.45) is 7.97. The fraction of sp³-hybridized carbons (Fsp3) is 0.500. The number of nitrogens with two attached hydrogens (primary N) is 1.